The molecule has 1 nitrogen and oxygen atoms in total. The van der Waals surface area contributed by atoms with Crippen LogP contribution in [0.2, 0.25) is 16.6 Å². The Kier molecular flexibility index (Phi) is 6.90. The van der Waals surface area contributed by atoms with Crippen molar-refractivity contribution in [3.05, 3.63) is 35.4 Å². The number of benzene rings is 1. The molecule has 0 saturated carbocycles. The highest BCUT2D eigenvalue weighted by Crippen LogP contribution is 2.40. The first kappa shape index (κ1) is 19.0. The van der Waals surface area contributed by atoms with E-state index in [0.29, 0.717) is 16.6 Å². The van der Waals surface area contributed by atoms with Gasteiger partial charge in [0, 0.05) is 5.56 Å². The van der Waals surface area contributed by atoms with E-state index < -0.39 is 8.07 Å². The summed E-state index contributed by atoms with van der Waals surface area (Å²) in [7, 11) is -1.66. The Morgan fingerprint density at radius 3 is 1.73 bits per heavy atom. The molecule has 0 spiro atoms. The fourth-order valence-electron chi connectivity index (χ4n) is 3.64. The summed E-state index contributed by atoms with van der Waals surface area (Å²) in [6.45, 7) is 16.0. The Morgan fingerprint density at radius 2 is 1.36 bits per heavy atom. The van der Waals surface area contributed by atoms with E-state index in [4.69, 9.17) is 0 Å². The molecule has 1 atom stereocenters. The molecule has 0 aliphatic heterocycles. The minimum Gasteiger partial charge on any atom is -0.388 e. The van der Waals surface area contributed by atoms with E-state index in [1.807, 2.05) is 31.2 Å². The van der Waals surface area contributed by atoms with Crippen molar-refractivity contribution in [1.29, 1.82) is 0 Å². The molecule has 2 heteroatoms. The maximum Gasteiger partial charge on any atom is 0.146 e. The van der Waals surface area contributed by atoms with Gasteiger partial charge in [-0.3, -0.25) is 0 Å². The van der Waals surface area contributed by atoms with Gasteiger partial charge in [0.05, 0.1) is 6.10 Å². The second-order valence-electron chi connectivity index (χ2n) is 7.19. The maximum absolute atomic E-state index is 9.87. The first-order valence-corrected chi connectivity index (χ1v) is 10.8. The summed E-state index contributed by atoms with van der Waals surface area (Å²) in [4.78, 5) is 0. The van der Waals surface area contributed by atoms with Crippen molar-refractivity contribution in [3.8, 4) is 11.5 Å². The number of aliphatic hydroxyl groups excluding tert-OH is 1. The second-order valence-corrected chi connectivity index (χ2v) is 12.8. The normalized spacial score (nSPS) is 13.4. The van der Waals surface area contributed by atoms with E-state index in [2.05, 4.69) is 53.0 Å². The van der Waals surface area contributed by atoms with Crippen LogP contribution in [0.5, 0.6) is 0 Å². The van der Waals surface area contributed by atoms with Crippen LogP contribution in [0.3, 0.4) is 0 Å². The first-order chi connectivity index (χ1) is 10.3. The van der Waals surface area contributed by atoms with Crippen molar-refractivity contribution in [2.45, 2.75) is 77.6 Å². The Hall–Kier alpha value is -1.04. The van der Waals surface area contributed by atoms with Crippen LogP contribution in [0.4, 0.5) is 0 Å². The van der Waals surface area contributed by atoms with Gasteiger partial charge >= 0.3 is 0 Å². The van der Waals surface area contributed by atoms with Crippen molar-refractivity contribution in [2.24, 2.45) is 0 Å². The lowest BCUT2D eigenvalue weighted by atomic mass is 10.1. The Morgan fingerprint density at radius 1 is 0.909 bits per heavy atom. The average Bonchev–Trinajstić information content (AvgIpc) is 2.46. The third-order valence-corrected chi connectivity index (χ3v) is 11.3. The smallest absolute Gasteiger partial charge is 0.146 e. The van der Waals surface area contributed by atoms with Crippen LogP contribution in [-0.4, -0.2) is 13.2 Å². The van der Waals surface area contributed by atoms with Gasteiger partial charge in [0.1, 0.15) is 8.07 Å². The molecule has 0 aliphatic rings. The fourth-order valence-corrected chi connectivity index (χ4v) is 8.86. The van der Waals surface area contributed by atoms with E-state index in [9.17, 15) is 5.11 Å². The molecule has 122 valence electrons. The minimum atomic E-state index is -1.66. The summed E-state index contributed by atoms with van der Waals surface area (Å²) in [5.74, 6) is 3.44. The topological polar surface area (TPSA) is 20.2 Å². The third-order valence-electron chi connectivity index (χ3n) is 4.97. The van der Waals surface area contributed by atoms with E-state index in [0.717, 1.165) is 17.5 Å². The standard InChI is InChI=1S/C20H32OSi/c1-8-20(21)19-11-9-18(10-12-19)13-14-22(15(2)3,16(4)5)17(6)7/h9-12,15-17,20-21H,8H2,1-7H3/t20-/m1/s1. The van der Waals surface area contributed by atoms with Gasteiger partial charge < -0.3 is 5.11 Å². The van der Waals surface area contributed by atoms with E-state index >= 15 is 0 Å². The molecular formula is C20H32OSi. The molecule has 0 radical (unpaired) electrons. The van der Waals surface area contributed by atoms with Crippen molar-refractivity contribution in [2.75, 3.05) is 0 Å². The Labute approximate surface area is 138 Å². The van der Waals surface area contributed by atoms with E-state index in [1.165, 1.54) is 0 Å². The molecule has 0 bridgehead atoms. The van der Waals surface area contributed by atoms with Gasteiger partial charge in [0.2, 0.25) is 0 Å². The molecule has 0 aliphatic carbocycles. The lowest BCUT2D eigenvalue weighted by Gasteiger charge is -2.38. The molecule has 0 fully saturated rings. The van der Waals surface area contributed by atoms with Crippen LogP contribution < -0.4 is 0 Å². The monoisotopic (exact) mass is 316 g/mol. The van der Waals surface area contributed by atoms with Gasteiger partial charge in [0.25, 0.3) is 0 Å². The highest BCUT2D eigenvalue weighted by molar-refractivity contribution is 6.90. The zero-order valence-corrected chi connectivity index (χ0v) is 16.3. The molecule has 0 aromatic heterocycles. The summed E-state index contributed by atoms with van der Waals surface area (Å²) in [5.41, 5.74) is 7.74. The summed E-state index contributed by atoms with van der Waals surface area (Å²) >= 11 is 0. The summed E-state index contributed by atoms with van der Waals surface area (Å²) in [6, 6.07) is 8.09. The minimum absolute atomic E-state index is 0.363. The molecular weight excluding hydrogens is 284 g/mol. The zero-order valence-electron chi connectivity index (χ0n) is 15.3. The number of hydrogen-bond donors (Lipinski definition) is 1. The van der Waals surface area contributed by atoms with Gasteiger partial charge in [-0.15, -0.1) is 5.54 Å². The van der Waals surface area contributed by atoms with Gasteiger partial charge in [-0.1, -0.05) is 66.5 Å². The largest absolute Gasteiger partial charge is 0.388 e. The quantitative estimate of drug-likeness (QED) is 0.546. The van der Waals surface area contributed by atoms with Crippen molar-refractivity contribution >= 4 is 8.07 Å². The molecule has 0 amide bonds. The Balaban J connectivity index is 3.13. The van der Waals surface area contributed by atoms with Crippen LogP contribution in [0.15, 0.2) is 24.3 Å². The molecule has 0 unspecified atom stereocenters. The van der Waals surface area contributed by atoms with E-state index in [-0.39, 0.29) is 6.10 Å². The lowest BCUT2D eigenvalue weighted by molar-refractivity contribution is 0.173. The van der Waals surface area contributed by atoms with Crippen molar-refractivity contribution in [1.82, 2.24) is 0 Å². The molecule has 22 heavy (non-hydrogen) atoms. The zero-order chi connectivity index (χ0) is 16.9. The molecule has 0 heterocycles. The van der Waals surface area contributed by atoms with Gasteiger partial charge in [0.15, 0.2) is 0 Å². The maximum atomic E-state index is 9.87. The van der Waals surface area contributed by atoms with Crippen molar-refractivity contribution in [3.63, 3.8) is 0 Å². The average molecular weight is 317 g/mol. The van der Waals surface area contributed by atoms with Gasteiger partial charge in [-0.05, 0) is 40.7 Å². The van der Waals surface area contributed by atoms with Crippen LogP contribution in [0.25, 0.3) is 0 Å². The highest BCUT2D eigenvalue weighted by Gasteiger charge is 2.41. The molecule has 0 saturated heterocycles. The van der Waals surface area contributed by atoms with Crippen LogP contribution in [0.1, 0.15) is 72.1 Å². The number of hydrogen-bond acceptors (Lipinski definition) is 1. The first-order valence-electron chi connectivity index (χ1n) is 8.56. The summed E-state index contributed by atoms with van der Waals surface area (Å²) in [5, 5.41) is 9.87. The molecule has 1 aromatic rings. The third kappa shape index (κ3) is 4.03. The molecule has 1 N–H and O–H groups in total. The highest BCUT2D eigenvalue weighted by atomic mass is 28.3. The lowest BCUT2D eigenvalue weighted by Crippen LogP contribution is -2.43. The number of aliphatic hydroxyl groups is 1. The fraction of sp³-hybridized carbons (Fsp3) is 0.600. The van der Waals surface area contributed by atoms with Crippen molar-refractivity contribution < 1.29 is 5.11 Å². The Bertz CT molecular complexity index is 495. The van der Waals surface area contributed by atoms with Gasteiger partial charge in [-0.25, -0.2) is 0 Å². The number of rotatable bonds is 5. The summed E-state index contributed by atoms with van der Waals surface area (Å²) in [6.07, 6.45) is 0.382. The molecule has 1 rings (SSSR count). The van der Waals surface area contributed by atoms with E-state index in [1.54, 1.807) is 0 Å². The summed E-state index contributed by atoms with van der Waals surface area (Å²) < 4.78 is 0. The second kappa shape index (κ2) is 7.99. The van der Waals surface area contributed by atoms with Crippen LogP contribution in [0, 0.1) is 11.5 Å². The van der Waals surface area contributed by atoms with Gasteiger partial charge in [-0.2, -0.15) is 0 Å². The molecule has 1 aromatic carbocycles. The SMILES string of the molecule is CC[C@@H](O)c1ccc(C#C[Si](C(C)C)(C(C)C)C(C)C)cc1. The van der Waals surface area contributed by atoms with Crippen LogP contribution >= 0.6 is 0 Å². The van der Waals surface area contributed by atoms with Crippen LogP contribution in [-0.2, 0) is 0 Å². The predicted molar refractivity (Wildman–Crippen MR) is 99.6 cm³/mol. The predicted octanol–water partition coefficient (Wildman–Crippen LogP) is 5.70.